The first kappa shape index (κ1) is 17.5. The fourth-order valence-corrected chi connectivity index (χ4v) is 5.56. The second-order valence-corrected chi connectivity index (χ2v) is 8.89. The Kier molecular flexibility index (Phi) is 4.47. The SMILES string of the molecule is CC(c1ccc(Cl)cc1)N(C1CC1)S(=O)(=O)c1cccc2ccncc12. The van der Waals surface area contributed by atoms with E-state index in [0.29, 0.717) is 15.3 Å². The standard InChI is InChI=1S/C20H19ClN2O2S/c1-14(15-5-7-17(21)8-6-15)23(18-9-10-18)26(24,25)20-4-2-3-16-11-12-22-13-19(16)20/h2-8,11-14,18H,9-10H2,1H3. The van der Waals surface area contributed by atoms with Gasteiger partial charge in [0, 0.05) is 34.9 Å². The quantitative estimate of drug-likeness (QED) is 0.632. The van der Waals surface area contributed by atoms with Crippen LogP contribution in [0.1, 0.15) is 31.4 Å². The van der Waals surface area contributed by atoms with Gasteiger partial charge < -0.3 is 0 Å². The molecule has 1 atom stereocenters. The minimum absolute atomic E-state index is 0.0394. The molecule has 1 aliphatic carbocycles. The summed E-state index contributed by atoms with van der Waals surface area (Å²) >= 11 is 5.98. The molecular formula is C20H19ClN2O2S. The molecule has 0 amide bonds. The third kappa shape index (κ3) is 3.11. The number of hydrogen-bond acceptors (Lipinski definition) is 3. The lowest BCUT2D eigenvalue weighted by Gasteiger charge is -2.29. The van der Waals surface area contributed by atoms with Gasteiger partial charge in [-0.1, -0.05) is 35.9 Å². The number of benzene rings is 2. The van der Waals surface area contributed by atoms with E-state index in [1.165, 1.54) is 0 Å². The predicted octanol–water partition coefficient (Wildman–Crippen LogP) is 4.80. The molecule has 1 heterocycles. The van der Waals surface area contributed by atoms with Crippen molar-refractivity contribution in [3.8, 4) is 0 Å². The molecule has 4 rings (SSSR count). The maximum absolute atomic E-state index is 13.6. The lowest BCUT2D eigenvalue weighted by molar-refractivity contribution is 0.334. The Morgan fingerprint density at radius 1 is 1.12 bits per heavy atom. The van der Waals surface area contributed by atoms with Crippen molar-refractivity contribution < 1.29 is 8.42 Å². The first-order valence-corrected chi connectivity index (χ1v) is 10.4. The van der Waals surface area contributed by atoms with Gasteiger partial charge in [-0.05, 0) is 55.0 Å². The normalized spacial score (nSPS) is 16.1. The summed E-state index contributed by atoms with van der Waals surface area (Å²) in [5.74, 6) is 0. The zero-order valence-electron chi connectivity index (χ0n) is 14.3. The van der Waals surface area contributed by atoms with Gasteiger partial charge in [-0.3, -0.25) is 4.98 Å². The molecule has 0 bridgehead atoms. The van der Waals surface area contributed by atoms with Gasteiger partial charge in [0.1, 0.15) is 0 Å². The topological polar surface area (TPSA) is 50.3 Å². The van der Waals surface area contributed by atoms with Gasteiger partial charge >= 0.3 is 0 Å². The summed E-state index contributed by atoms with van der Waals surface area (Å²) in [5.41, 5.74) is 0.934. The highest BCUT2D eigenvalue weighted by Gasteiger charge is 2.42. The van der Waals surface area contributed by atoms with Crippen molar-refractivity contribution in [1.29, 1.82) is 0 Å². The molecule has 1 aliphatic rings. The maximum atomic E-state index is 13.6. The molecule has 0 saturated heterocycles. The van der Waals surface area contributed by atoms with Crippen LogP contribution in [0.5, 0.6) is 0 Å². The van der Waals surface area contributed by atoms with Crippen molar-refractivity contribution in [2.75, 3.05) is 0 Å². The van der Waals surface area contributed by atoms with E-state index in [9.17, 15) is 8.42 Å². The highest BCUT2D eigenvalue weighted by Crippen LogP contribution is 2.40. The van der Waals surface area contributed by atoms with E-state index in [1.54, 1.807) is 41.0 Å². The Hall–Kier alpha value is -1.95. The van der Waals surface area contributed by atoms with E-state index < -0.39 is 10.0 Å². The Morgan fingerprint density at radius 3 is 2.54 bits per heavy atom. The summed E-state index contributed by atoms with van der Waals surface area (Å²) in [7, 11) is -3.66. The van der Waals surface area contributed by atoms with Crippen LogP contribution in [0.2, 0.25) is 5.02 Å². The minimum atomic E-state index is -3.66. The molecule has 26 heavy (non-hydrogen) atoms. The van der Waals surface area contributed by atoms with Crippen molar-refractivity contribution >= 4 is 32.4 Å². The molecule has 0 spiro atoms. The second-order valence-electron chi connectivity index (χ2n) is 6.65. The third-order valence-electron chi connectivity index (χ3n) is 4.84. The minimum Gasteiger partial charge on any atom is -0.264 e. The lowest BCUT2D eigenvalue weighted by atomic mass is 10.1. The Morgan fingerprint density at radius 2 is 1.85 bits per heavy atom. The first-order valence-electron chi connectivity index (χ1n) is 8.60. The van der Waals surface area contributed by atoms with Crippen molar-refractivity contribution in [2.24, 2.45) is 0 Å². The first-order chi connectivity index (χ1) is 12.5. The van der Waals surface area contributed by atoms with Gasteiger partial charge in [-0.25, -0.2) is 8.42 Å². The van der Waals surface area contributed by atoms with Gasteiger partial charge in [0.15, 0.2) is 0 Å². The highest BCUT2D eigenvalue weighted by atomic mass is 35.5. The lowest BCUT2D eigenvalue weighted by Crippen LogP contribution is -2.35. The van der Waals surface area contributed by atoms with Crippen molar-refractivity contribution in [3.05, 3.63) is 71.5 Å². The molecule has 2 aromatic carbocycles. The smallest absolute Gasteiger partial charge is 0.244 e. The summed E-state index contributed by atoms with van der Waals surface area (Å²) in [5, 5.41) is 2.17. The van der Waals surface area contributed by atoms with Crippen LogP contribution >= 0.6 is 11.6 Å². The molecule has 1 unspecified atom stereocenters. The van der Waals surface area contributed by atoms with Gasteiger partial charge in [0.05, 0.1) is 4.90 Å². The van der Waals surface area contributed by atoms with Crippen molar-refractivity contribution in [1.82, 2.24) is 9.29 Å². The summed E-state index contributed by atoms with van der Waals surface area (Å²) in [4.78, 5) is 4.44. The Labute approximate surface area is 158 Å². The van der Waals surface area contributed by atoms with Crippen LogP contribution in [-0.2, 0) is 10.0 Å². The van der Waals surface area contributed by atoms with E-state index in [2.05, 4.69) is 4.98 Å². The molecule has 4 nitrogen and oxygen atoms in total. The molecule has 0 radical (unpaired) electrons. The molecular weight excluding hydrogens is 368 g/mol. The number of rotatable bonds is 5. The van der Waals surface area contributed by atoms with E-state index >= 15 is 0 Å². The molecule has 0 N–H and O–H groups in total. The van der Waals surface area contributed by atoms with Crippen LogP contribution in [0, 0.1) is 0 Å². The van der Waals surface area contributed by atoms with Crippen LogP contribution in [0.3, 0.4) is 0 Å². The van der Waals surface area contributed by atoms with Crippen LogP contribution < -0.4 is 0 Å². The summed E-state index contributed by atoms with van der Waals surface area (Å²) in [6.45, 7) is 1.93. The number of fused-ring (bicyclic) bond motifs is 1. The Bertz CT molecular complexity index is 1040. The van der Waals surface area contributed by atoms with Crippen molar-refractivity contribution in [3.63, 3.8) is 0 Å². The van der Waals surface area contributed by atoms with Gasteiger partial charge in [-0.15, -0.1) is 0 Å². The number of halogens is 1. The number of nitrogens with zero attached hydrogens (tertiary/aromatic N) is 2. The zero-order chi connectivity index (χ0) is 18.3. The van der Waals surface area contributed by atoms with E-state index in [4.69, 9.17) is 11.6 Å². The molecule has 0 aliphatic heterocycles. The molecule has 134 valence electrons. The summed E-state index contributed by atoms with van der Waals surface area (Å²) < 4.78 is 28.8. The molecule has 1 fully saturated rings. The maximum Gasteiger partial charge on any atom is 0.244 e. The largest absolute Gasteiger partial charge is 0.264 e. The number of aromatic nitrogens is 1. The van der Waals surface area contributed by atoms with E-state index in [-0.39, 0.29) is 12.1 Å². The third-order valence-corrected chi connectivity index (χ3v) is 7.17. The van der Waals surface area contributed by atoms with Crippen molar-refractivity contribution in [2.45, 2.75) is 36.7 Å². The molecule has 1 aromatic heterocycles. The van der Waals surface area contributed by atoms with Crippen LogP contribution in [0.4, 0.5) is 0 Å². The monoisotopic (exact) mass is 386 g/mol. The number of hydrogen-bond donors (Lipinski definition) is 0. The zero-order valence-corrected chi connectivity index (χ0v) is 15.9. The van der Waals surface area contributed by atoms with Crippen LogP contribution in [0.25, 0.3) is 10.8 Å². The van der Waals surface area contributed by atoms with Gasteiger partial charge in [-0.2, -0.15) is 4.31 Å². The predicted molar refractivity (Wildman–Crippen MR) is 104 cm³/mol. The van der Waals surface area contributed by atoms with Crippen LogP contribution in [-0.4, -0.2) is 23.7 Å². The summed E-state index contributed by atoms with van der Waals surface area (Å²) in [6, 6.07) is 14.3. The van der Waals surface area contributed by atoms with Gasteiger partial charge in [0.25, 0.3) is 0 Å². The Balaban J connectivity index is 1.82. The molecule has 1 saturated carbocycles. The van der Waals surface area contributed by atoms with Gasteiger partial charge in [0.2, 0.25) is 10.0 Å². The average molecular weight is 387 g/mol. The second kappa shape index (κ2) is 6.65. The fourth-order valence-electron chi connectivity index (χ4n) is 3.36. The molecule has 6 heteroatoms. The average Bonchev–Trinajstić information content (AvgIpc) is 3.46. The fraction of sp³-hybridized carbons (Fsp3) is 0.250. The number of sulfonamides is 1. The van der Waals surface area contributed by atoms with Crippen LogP contribution in [0.15, 0.2) is 65.8 Å². The molecule has 3 aromatic rings. The highest BCUT2D eigenvalue weighted by molar-refractivity contribution is 7.89. The van der Waals surface area contributed by atoms with E-state index in [1.807, 2.05) is 31.2 Å². The summed E-state index contributed by atoms with van der Waals surface area (Å²) in [6.07, 6.45) is 5.08. The van der Waals surface area contributed by atoms with E-state index in [0.717, 1.165) is 23.8 Å². The number of pyridine rings is 1.